The first-order valence-electron chi connectivity index (χ1n) is 7.31. The fourth-order valence-electron chi connectivity index (χ4n) is 2.61. The number of hydrogen-bond acceptors (Lipinski definition) is 6. The molecule has 0 fully saturated rings. The molecule has 9 nitrogen and oxygen atoms in total. The number of carbonyl (C=O) groups is 1. The number of rotatable bonds is 4. The third kappa shape index (κ3) is 3.60. The Morgan fingerprint density at radius 1 is 1.04 bits per heavy atom. The Hall–Kier alpha value is -3.36. The molecule has 1 aromatic carbocycles. The molecule has 1 heterocycles. The van der Waals surface area contributed by atoms with Crippen LogP contribution in [0, 0.1) is 47.9 Å². The zero-order chi connectivity index (χ0) is 18.9. The second-order valence-corrected chi connectivity index (χ2v) is 5.65. The van der Waals surface area contributed by atoms with Crippen LogP contribution in [0.3, 0.4) is 0 Å². The van der Waals surface area contributed by atoms with E-state index in [1.807, 2.05) is 6.92 Å². The minimum Gasteiger partial charge on any atom is -0.320 e. The third-order valence-corrected chi connectivity index (χ3v) is 3.78. The summed E-state index contributed by atoms with van der Waals surface area (Å²) in [7, 11) is 0. The quantitative estimate of drug-likeness (QED) is 0.668. The van der Waals surface area contributed by atoms with Crippen molar-refractivity contribution in [2.24, 2.45) is 0 Å². The third-order valence-electron chi connectivity index (χ3n) is 3.78. The molecule has 2 aromatic rings. The number of nitro groups is 2. The van der Waals surface area contributed by atoms with Gasteiger partial charge in [-0.15, -0.1) is 0 Å². The second-order valence-electron chi connectivity index (χ2n) is 5.65. The maximum Gasteiger partial charge on any atom is 0.279 e. The highest BCUT2D eigenvalue weighted by molar-refractivity contribution is 6.07. The van der Waals surface area contributed by atoms with Gasteiger partial charge in [-0.2, -0.15) is 0 Å². The molecule has 2 rings (SSSR count). The van der Waals surface area contributed by atoms with Crippen molar-refractivity contribution in [3.8, 4) is 0 Å². The molecular weight excluding hydrogens is 328 g/mol. The Morgan fingerprint density at radius 2 is 1.68 bits per heavy atom. The van der Waals surface area contributed by atoms with Gasteiger partial charge < -0.3 is 5.32 Å². The summed E-state index contributed by atoms with van der Waals surface area (Å²) in [5.41, 5.74) is 1.56. The molecule has 0 saturated carbocycles. The second kappa shape index (κ2) is 6.63. The number of nitrogens with one attached hydrogen (secondary N) is 1. The highest BCUT2D eigenvalue weighted by Gasteiger charge is 2.25. The zero-order valence-corrected chi connectivity index (χ0v) is 14.1. The normalized spacial score (nSPS) is 10.4. The van der Waals surface area contributed by atoms with Gasteiger partial charge in [0, 0.05) is 17.3 Å². The summed E-state index contributed by atoms with van der Waals surface area (Å²) in [6.45, 7) is 6.71. The van der Waals surface area contributed by atoms with E-state index in [4.69, 9.17) is 0 Å². The maximum atomic E-state index is 12.6. The molecule has 0 aliphatic carbocycles. The molecule has 0 saturated heterocycles. The fourth-order valence-corrected chi connectivity index (χ4v) is 2.61. The van der Waals surface area contributed by atoms with Gasteiger partial charge in [0.2, 0.25) is 0 Å². The molecule has 0 unspecified atom stereocenters. The van der Waals surface area contributed by atoms with Gasteiger partial charge in [-0.3, -0.25) is 30.0 Å². The van der Waals surface area contributed by atoms with Gasteiger partial charge in [0.25, 0.3) is 17.3 Å². The summed E-state index contributed by atoms with van der Waals surface area (Å²) in [5.74, 6) is -0.666. The van der Waals surface area contributed by atoms with E-state index in [0.29, 0.717) is 11.4 Å². The number of aryl methyl sites for hydroxylation is 3. The molecule has 1 aromatic heterocycles. The van der Waals surface area contributed by atoms with Crippen molar-refractivity contribution < 1.29 is 14.6 Å². The number of amides is 1. The van der Waals surface area contributed by atoms with Gasteiger partial charge in [-0.05, 0) is 39.3 Å². The first-order valence-corrected chi connectivity index (χ1v) is 7.31. The van der Waals surface area contributed by atoms with Gasteiger partial charge in [0.15, 0.2) is 0 Å². The highest BCUT2D eigenvalue weighted by atomic mass is 16.6. The Bertz CT molecular complexity index is 885. The fraction of sp³-hybridized carbons (Fsp3) is 0.250. The smallest absolute Gasteiger partial charge is 0.279 e. The number of carbonyl (C=O) groups excluding carboxylic acids is 1. The number of nitro benzene ring substituents is 2. The van der Waals surface area contributed by atoms with Crippen LogP contribution in [0.4, 0.5) is 17.1 Å². The van der Waals surface area contributed by atoms with Crippen LogP contribution in [0.15, 0.2) is 18.2 Å². The van der Waals surface area contributed by atoms with Crippen molar-refractivity contribution in [2.45, 2.75) is 27.7 Å². The standard InChI is InChI=1S/C16H16N4O5/c1-8-5-9(2)17-11(4)15(8)18-16(21)13-6-12(19(22)23)7-14(10(13)3)20(24)25/h5-7H,1-4H3,(H,18,21). The largest absolute Gasteiger partial charge is 0.320 e. The molecular formula is C16H16N4O5. The van der Waals surface area contributed by atoms with Crippen LogP contribution in [0.5, 0.6) is 0 Å². The number of hydrogen-bond donors (Lipinski definition) is 1. The van der Waals surface area contributed by atoms with E-state index in [1.165, 1.54) is 6.92 Å². The van der Waals surface area contributed by atoms with Gasteiger partial charge in [0.1, 0.15) is 0 Å². The molecule has 130 valence electrons. The minimum absolute atomic E-state index is 0.0588. The summed E-state index contributed by atoms with van der Waals surface area (Å²) in [5, 5.41) is 24.8. The topological polar surface area (TPSA) is 128 Å². The van der Waals surface area contributed by atoms with Crippen LogP contribution < -0.4 is 5.32 Å². The van der Waals surface area contributed by atoms with Gasteiger partial charge in [0.05, 0.1) is 32.9 Å². The lowest BCUT2D eigenvalue weighted by Crippen LogP contribution is -2.17. The Balaban J connectivity index is 2.53. The van der Waals surface area contributed by atoms with Crippen LogP contribution in [0.2, 0.25) is 0 Å². The summed E-state index contributed by atoms with van der Waals surface area (Å²) in [6, 6.07) is 3.66. The highest BCUT2D eigenvalue weighted by Crippen LogP contribution is 2.29. The lowest BCUT2D eigenvalue weighted by molar-refractivity contribution is -0.394. The predicted molar refractivity (Wildman–Crippen MR) is 90.9 cm³/mol. The SMILES string of the molecule is Cc1cc(C)c(NC(=O)c2cc([N+](=O)[O-])cc([N+](=O)[O-])c2C)c(C)n1. The van der Waals surface area contributed by atoms with Crippen LogP contribution >= 0.6 is 0 Å². The minimum atomic E-state index is -0.771. The number of nitrogens with zero attached hydrogens (tertiary/aromatic N) is 3. The molecule has 1 N–H and O–H groups in total. The number of anilines is 1. The van der Waals surface area contributed by atoms with E-state index in [-0.39, 0.29) is 11.1 Å². The Morgan fingerprint density at radius 3 is 2.20 bits per heavy atom. The first-order chi connectivity index (χ1) is 11.6. The van der Waals surface area contributed by atoms with Crippen LogP contribution in [-0.4, -0.2) is 20.7 Å². The summed E-state index contributed by atoms with van der Waals surface area (Å²) in [6.07, 6.45) is 0. The Labute approximate surface area is 143 Å². The molecule has 0 bridgehead atoms. The summed E-state index contributed by atoms with van der Waals surface area (Å²) >= 11 is 0. The maximum absolute atomic E-state index is 12.6. The summed E-state index contributed by atoms with van der Waals surface area (Å²) in [4.78, 5) is 37.5. The van der Waals surface area contributed by atoms with Gasteiger partial charge in [-0.1, -0.05) is 0 Å². The molecule has 0 spiro atoms. The molecule has 0 aliphatic heterocycles. The van der Waals surface area contributed by atoms with Crippen LogP contribution in [0.1, 0.15) is 32.9 Å². The van der Waals surface area contributed by atoms with Crippen LogP contribution in [0.25, 0.3) is 0 Å². The van der Waals surface area contributed by atoms with Crippen molar-refractivity contribution >= 4 is 23.0 Å². The molecule has 0 aliphatic rings. The van der Waals surface area contributed by atoms with E-state index >= 15 is 0 Å². The van der Waals surface area contributed by atoms with E-state index in [1.54, 1.807) is 19.9 Å². The monoisotopic (exact) mass is 344 g/mol. The lowest BCUT2D eigenvalue weighted by Gasteiger charge is -2.13. The predicted octanol–water partition coefficient (Wildman–Crippen LogP) is 3.38. The van der Waals surface area contributed by atoms with Crippen LogP contribution in [-0.2, 0) is 0 Å². The van der Waals surface area contributed by atoms with Crippen molar-refractivity contribution in [3.05, 3.63) is 66.5 Å². The molecule has 0 radical (unpaired) electrons. The van der Waals surface area contributed by atoms with E-state index in [0.717, 1.165) is 23.4 Å². The van der Waals surface area contributed by atoms with Crippen molar-refractivity contribution in [1.29, 1.82) is 0 Å². The number of non-ortho nitro benzene ring substituents is 1. The van der Waals surface area contributed by atoms with E-state index in [9.17, 15) is 25.0 Å². The van der Waals surface area contributed by atoms with Crippen molar-refractivity contribution in [3.63, 3.8) is 0 Å². The van der Waals surface area contributed by atoms with Crippen molar-refractivity contribution in [1.82, 2.24) is 4.98 Å². The van der Waals surface area contributed by atoms with E-state index in [2.05, 4.69) is 10.3 Å². The van der Waals surface area contributed by atoms with Gasteiger partial charge >= 0.3 is 0 Å². The molecule has 9 heteroatoms. The average Bonchev–Trinajstić information content (AvgIpc) is 2.50. The number of aromatic nitrogens is 1. The lowest BCUT2D eigenvalue weighted by atomic mass is 10.0. The summed E-state index contributed by atoms with van der Waals surface area (Å²) < 4.78 is 0. The molecule has 0 atom stereocenters. The number of benzene rings is 1. The molecule has 25 heavy (non-hydrogen) atoms. The van der Waals surface area contributed by atoms with Crippen molar-refractivity contribution in [2.75, 3.05) is 5.32 Å². The molecule has 1 amide bonds. The Kier molecular flexibility index (Phi) is 4.77. The zero-order valence-electron chi connectivity index (χ0n) is 14.1. The van der Waals surface area contributed by atoms with Gasteiger partial charge in [-0.25, -0.2) is 0 Å². The number of pyridine rings is 1. The van der Waals surface area contributed by atoms with E-state index < -0.39 is 27.1 Å². The first kappa shape index (κ1) is 18.0. The average molecular weight is 344 g/mol.